The van der Waals surface area contributed by atoms with E-state index >= 15 is 0 Å². The number of methoxy groups -OCH3 is 2. The first kappa shape index (κ1) is 23.6. The van der Waals surface area contributed by atoms with E-state index in [1.807, 2.05) is 26.0 Å². The normalized spacial score (nSPS) is 17.1. The predicted octanol–water partition coefficient (Wildman–Crippen LogP) is 5.56. The first-order valence-corrected chi connectivity index (χ1v) is 12.1. The van der Waals surface area contributed by atoms with Crippen LogP contribution in [0.3, 0.4) is 0 Å². The van der Waals surface area contributed by atoms with Crippen LogP contribution in [0.25, 0.3) is 16.0 Å². The number of hydrogen-bond acceptors (Lipinski definition) is 7. The van der Waals surface area contributed by atoms with Crippen LogP contribution in [-0.2, 0) is 9.59 Å². The first-order chi connectivity index (χ1) is 17.3. The van der Waals surface area contributed by atoms with Gasteiger partial charge >= 0.3 is 5.91 Å². The molecule has 1 atom stereocenters. The number of carbonyl (C=O) groups is 2. The van der Waals surface area contributed by atoms with E-state index < -0.39 is 17.7 Å². The van der Waals surface area contributed by atoms with Crippen molar-refractivity contribution in [2.75, 3.05) is 19.1 Å². The van der Waals surface area contributed by atoms with Crippen LogP contribution >= 0.6 is 11.3 Å². The minimum atomic E-state index is -0.871. The van der Waals surface area contributed by atoms with E-state index in [0.29, 0.717) is 27.8 Å². The molecule has 2 heterocycles. The third-order valence-corrected chi connectivity index (χ3v) is 7.25. The van der Waals surface area contributed by atoms with Gasteiger partial charge in [0.1, 0.15) is 17.3 Å². The van der Waals surface area contributed by atoms with Crippen LogP contribution in [0, 0.1) is 13.8 Å². The van der Waals surface area contributed by atoms with Gasteiger partial charge in [-0.1, -0.05) is 41.7 Å². The number of fused-ring (bicyclic) bond motifs is 1. The van der Waals surface area contributed by atoms with Crippen molar-refractivity contribution in [3.63, 3.8) is 0 Å². The summed E-state index contributed by atoms with van der Waals surface area (Å²) in [6.45, 7) is 3.97. The average Bonchev–Trinajstić information content (AvgIpc) is 3.42. The first-order valence-electron chi connectivity index (χ1n) is 11.3. The molecule has 0 bridgehead atoms. The van der Waals surface area contributed by atoms with Gasteiger partial charge in [0.25, 0.3) is 5.78 Å². The molecule has 4 aromatic rings. The molecule has 1 N–H and O–H groups in total. The molecule has 182 valence electrons. The SMILES string of the molecule is COc1ccc([C@H]2C(=C(O)c3cccc(OC)c3)C(=O)C(=O)N2c2nc3c(C)cc(C)cc3s2)cc1. The number of hydrogen-bond donors (Lipinski definition) is 1. The number of anilines is 1. The Hall–Kier alpha value is -4.17. The molecule has 1 saturated heterocycles. The van der Waals surface area contributed by atoms with Crippen molar-refractivity contribution in [1.82, 2.24) is 4.98 Å². The van der Waals surface area contributed by atoms with Gasteiger partial charge in [-0.2, -0.15) is 0 Å². The maximum atomic E-state index is 13.5. The molecular weight excluding hydrogens is 476 g/mol. The number of Topliss-reactive ketones (excluding diaryl/α,β-unsaturated/α-hetero) is 1. The summed E-state index contributed by atoms with van der Waals surface area (Å²) in [5.41, 5.74) is 3.87. The quantitative estimate of drug-likeness (QED) is 0.219. The maximum absolute atomic E-state index is 13.5. The summed E-state index contributed by atoms with van der Waals surface area (Å²) in [5, 5.41) is 11.7. The van der Waals surface area contributed by atoms with Crippen LogP contribution in [0.15, 0.2) is 66.2 Å². The Bertz CT molecular complexity index is 1540. The number of ketones is 1. The molecule has 0 aliphatic carbocycles. The monoisotopic (exact) mass is 500 g/mol. The van der Waals surface area contributed by atoms with E-state index in [9.17, 15) is 14.7 Å². The smallest absolute Gasteiger partial charge is 0.301 e. The number of thiazole rings is 1. The molecular formula is C28H24N2O5S. The molecule has 5 rings (SSSR count). The Morgan fingerprint density at radius 3 is 2.39 bits per heavy atom. The lowest BCUT2D eigenvalue weighted by atomic mass is 9.95. The second-order valence-electron chi connectivity index (χ2n) is 8.60. The number of nitrogens with zero attached hydrogens (tertiary/aromatic N) is 2. The second kappa shape index (κ2) is 9.13. The molecule has 1 fully saturated rings. The Kier molecular flexibility index (Phi) is 5.97. The summed E-state index contributed by atoms with van der Waals surface area (Å²) in [6, 6.07) is 17.0. The molecule has 1 aliphatic rings. The molecule has 36 heavy (non-hydrogen) atoms. The van der Waals surface area contributed by atoms with Crippen molar-refractivity contribution in [2.24, 2.45) is 0 Å². The molecule has 0 radical (unpaired) electrons. The van der Waals surface area contributed by atoms with Gasteiger partial charge in [-0.3, -0.25) is 14.5 Å². The Morgan fingerprint density at radius 2 is 1.69 bits per heavy atom. The zero-order valence-electron chi connectivity index (χ0n) is 20.2. The molecule has 1 aliphatic heterocycles. The highest BCUT2D eigenvalue weighted by Gasteiger charge is 2.48. The molecule has 1 amide bonds. The molecule has 0 saturated carbocycles. The Morgan fingerprint density at radius 1 is 0.972 bits per heavy atom. The average molecular weight is 501 g/mol. The van der Waals surface area contributed by atoms with E-state index in [1.165, 1.54) is 23.3 Å². The number of benzene rings is 3. The van der Waals surface area contributed by atoms with E-state index in [1.54, 1.807) is 55.6 Å². The number of amides is 1. The summed E-state index contributed by atoms with van der Waals surface area (Å²) in [6.07, 6.45) is 0. The van der Waals surface area contributed by atoms with Crippen LogP contribution in [-0.4, -0.2) is 36.0 Å². The number of carbonyl (C=O) groups excluding carboxylic acids is 2. The van der Waals surface area contributed by atoms with Crippen LogP contribution in [0.4, 0.5) is 5.13 Å². The lowest BCUT2D eigenvalue weighted by Gasteiger charge is -2.23. The summed E-state index contributed by atoms with van der Waals surface area (Å²) >= 11 is 1.34. The molecule has 0 spiro atoms. The molecule has 1 aromatic heterocycles. The largest absolute Gasteiger partial charge is 0.507 e. The fraction of sp³-hybridized carbons (Fsp3) is 0.179. The van der Waals surface area contributed by atoms with Gasteiger partial charge in [0, 0.05) is 5.56 Å². The number of aromatic nitrogens is 1. The van der Waals surface area contributed by atoms with Gasteiger partial charge in [-0.25, -0.2) is 4.98 Å². The van der Waals surface area contributed by atoms with Crippen molar-refractivity contribution in [3.05, 3.63) is 88.5 Å². The maximum Gasteiger partial charge on any atom is 0.301 e. The topological polar surface area (TPSA) is 89.0 Å². The highest BCUT2D eigenvalue weighted by molar-refractivity contribution is 7.22. The fourth-order valence-corrected chi connectivity index (χ4v) is 5.69. The van der Waals surface area contributed by atoms with E-state index in [0.717, 1.165) is 21.3 Å². The summed E-state index contributed by atoms with van der Waals surface area (Å²) < 4.78 is 11.5. The van der Waals surface area contributed by atoms with Gasteiger partial charge < -0.3 is 14.6 Å². The lowest BCUT2D eigenvalue weighted by Crippen LogP contribution is -2.29. The number of aliphatic hydroxyl groups is 1. The number of ether oxygens (including phenoxy) is 2. The van der Waals surface area contributed by atoms with E-state index in [2.05, 4.69) is 0 Å². The molecule has 3 aromatic carbocycles. The zero-order chi connectivity index (χ0) is 25.6. The fourth-order valence-electron chi connectivity index (χ4n) is 4.52. The molecule has 7 nitrogen and oxygen atoms in total. The van der Waals surface area contributed by atoms with Crippen molar-refractivity contribution in [1.29, 1.82) is 0 Å². The van der Waals surface area contributed by atoms with Crippen molar-refractivity contribution in [2.45, 2.75) is 19.9 Å². The summed E-state index contributed by atoms with van der Waals surface area (Å²) in [7, 11) is 3.08. The van der Waals surface area contributed by atoms with Gasteiger partial charge in [-0.15, -0.1) is 0 Å². The summed E-state index contributed by atoms with van der Waals surface area (Å²) in [5.74, 6) is -0.637. The standard InChI is InChI=1S/C28H24N2O5S/c1-15-12-16(2)23-21(13-15)36-28(29-23)30-24(17-8-10-19(34-3)11-9-17)22(26(32)27(30)33)25(31)18-6-5-7-20(14-18)35-4/h5-14,24,31H,1-4H3/t24-/m0/s1. The van der Waals surface area contributed by atoms with Crippen LogP contribution < -0.4 is 14.4 Å². The highest BCUT2D eigenvalue weighted by atomic mass is 32.1. The van der Waals surface area contributed by atoms with Crippen molar-refractivity contribution >= 4 is 44.1 Å². The highest BCUT2D eigenvalue weighted by Crippen LogP contribution is 2.45. The minimum absolute atomic E-state index is 0.00872. The number of aliphatic hydroxyl groups excluding tert-OH is 1. The second-order valence-corrected chi connectivity index (χ2v) is 9.61. The van der Waals surface area contributed by atoms with Crippen molar-refractivity contribution < 1.29 is 24.2 Å². The number of rotatable bonds is 5. The lowest BCUT2D eigenvalue weighted by molar-refractivity contribution is -0.132. The summed E-state index contributed by atoms with van der Waals surface area (Å²) in [4.78, 5) is 33.0. The molecule has 0 unspecified atom stereocenters. The van der Waals surface area contributed by atoms with Gasteiger partial charge in [0.15, 0.2) is 5.13 Å². The zero-order valence-corrected chi connectivity index (χ0v) is 21.1. The van der Waals surface area contributed by atoms with Gasteiger partial charge in [0.2, 0.25) is 0 Å². The van der Waals surface area contributed by atoms with Crippen LogP contribution in [0.5, 0.6) is 11.5 Å². The molecule has 8 heteroatoms. The number of aryl methyl sites for hydroxylation is 2. The predicted molar refractivity (Wildman–Crippen MR) is 140 cm³/mol. The van der Waals surface area contributed by atoms with Gasteiger partial charge in [0.05, 0.1) is 36.1 Å². The van der Waals surface area contributed by atoms with Crippen LogP contribution in [0.1, 0.15) is 28.3 Å². The Labute approximate surface area is 212 Å². The third kappa shape index (κ3) is 3.89. The van der Waals surface area contributed by atoms with Crippen LogP contribution in [0.2, 0.25) is 0 Å². The van der Waals surface area contributed by atoms with E-state index in [-0.39, 0.29) is 11.3 Å². The third-order valence-electron chi connectivity index (χ3n) is 6.24. The van der Waals surface area contributed by atoms with Gasteiger partial charge in [-0.05, 0) is 60.9 Å². The minimum Gasteiger partial charge on any atom is -0.507 e. The van der Waals surface area contributed by atoms with E-state index in [4.69, 9.17) is 14.5 Å². The Balaban J connectivity index is 1.73. The van der Waals surface area contributed by atoms with Crippen molar-refractivity contribution in [3.8, 4) is 11.5 Å².